The van der Waals surface area contributed by atoms with Gasteiger partial charge in [-0.2, -0.15) is 0 Å². The number of carbonyl (C=O) groups is 1. The van der Waals surface area contributed by atoms with Crippen LogP contribution in [0.2, 0.25) is 0 Å². The number of amides is 1. The van der Waals surface area contributed by atoms with Crippen LogP contribution in [0.4, 0.5) is 10.1 Å². The fraction of sp³-hybridized carbons (Fsp3) is 0.207. The van der Waals surface area contributed by atoms with Crippen molar-refractivity contribution in [3.63, 3.8) is 0 Å². The van der Waals surface area contributed by atoms with Crippen LogP contribution in [0.5, 0.6) is 5.75 Å². The molecule has 0 spiro atoms. The van der Waals surface area contributed by atoms with Gasteiger partial charge in [-0.15, -0.1) is 0 Å². The summed E-state index contributed by atoms with van der Waals surface area (Å²) in [6, 6.07) is 16.1. The number of rotatable bonds is 7. The zero-order valence-corrected chi connectivity index (χ0v) is 21.5. The fourth-order valence-corrected chi connectivity index (χ4v) is 4.58. The van der Waals surface area contributed by atoms with Crippen LogP contribution in [0.25, 0.3) is 22.2 Å². The molecule has 0 atom stereocenters. The molecule has 0 radical (unpaired) electrons. The molecule has 38 heavy (non-hydrogen) atoms. The Kier molecular flexibility index (Phi) is 6.59. The van der Waals surface area contributed by atoms with Crippen molar-refractivity contribution in [2.24, 2.45) is 7.05 Å². The highest BCUT2D eigenvalue weighted by atomic mass is 19.1. The van der Waals surface area contributed by atoms with Gasteiger partial charge in [-0.25, -0.2) is 9.18 Å². The molecule has 9 heteroatoms. The maximum absolute atomic E-state index is 15.2. The first-order valence-electron chi connectivity index (χ1n) is 12.1. The predicted molar refractivity (Wildman–Crippen MR) is 143 cm³/mol. The maximum atomic E-state index is 15.2. The minimum Gasteiger partial charge on any atom is -0.484 e. The van der Waals surface area contributed by atoms with Crippen molar-refractivity contribution in [1.29, 1.82) is 0 Å². The predicted octanol–water partition coefficient (Wildman–Crippen LogP) is 5.28. The smallest absolute Gasteiger partial charge is 0.329 e. The van der Waals surface area contributed by atoms with E-state index in [4.69, 9.17) is 9.26 Å². The summed E-state index contributed by atoms with van der Waals surface area (Å²) < 4.78 is 28.6. The van der Waals surface area contributed by atoms with Gasteiger partial charge in [0.15, 0.2) is 11.6 Å². The molecule has 0 saturated carbocycles. The lowest BCUT2D eigenvalue weighted by atomic mass is 9.99. The molecule has 8 nitrogen and oxygen atoms in total. The van der Waals surface area contributed by atoms with Gasteiger partial charge in [0.25, 0.3) is 0 Å². The standard InChI is InChI=1S/C29H27FN4O4/c1-17-5-7-21(8-6-17)31-26(35)15-34-25-12-18(2)11-23(27(25)33(4)29(34)36)20-13-19(3)28(24(30)14-20)37-16-22-9-10-38-32-22/h5-14H,15-16H2,1-4H3,(H,31,35). The first kappa shape index (κ1) is 25.0. The van der Waals surface area contributed by atoms with Crippen molar-refractivity contribution in [3.05, 3.63) is 99.5 Å². The summed E-state index contributed by atoms with van der Waals surface area (Å²) >= 11 is 0. The molecule has 0 fully saturated rings. The third-order valence-corrected chi connectivity index (χ3v) is 6.41. The number of ether oxygens (including phenoxy) is 1. The van der Waals surface area contributed by atoms with E-state index in [0.29, 0.717) is 39.1 Å². The second-order valence-electron chi connectivity index (χ2n) is 9.41. The van der Waals surface area contributed by atoms with Crippen LogP contribution < -0.4 is 15.7 Å². The van der Waals surface area contributed by atoms with Crippen molar-refractivity contribution in [3.8, 4) is 16.9 Å². The number of benzene rings is 3. The lowest BCUT2D eigenvalue weighted by Crippen LogP contribution is -2.28. The van der Waals surface area contributed by atoms with E-state index < -0.39 is 5.82 Å². The molecule has 1 N–H and O–H groups in total. The second-order valence-corrected chi connectivity index (χ2v) is 9.41. The molecular weight excluding hydrogens is 487 g/mol. The van der Waals surface area contributed by atoms with Gasteiger partial charge in [0.05, 0.1) is 11.0 Å². The highest BCUT2D eigenvalue weighted by molar-refractivity contribution is 5.96. The summed E-state index contributed by atoms with van der Waals surface area (Å²) in [5.41, 5.74) is 5.90. The third kappa shape index (κ3) is 4.82. The number of halogens is 1. The Balaban J connectivity index is 1.51. The molecular formula is C29H27FN4O4. The summed E-state index contributed by atoms with van der Waals surface area (Å²) in [7, 11) is 1.65. The first-order valence-corrected chi connectivity index (χ1v) is 12.1. The average Bonchev–Trinajstić information content (AvgIpc) is 3.47. The second kappa shape index (κ2) is 10.0. The summed E-state index contributed by atoms with van der Waals surface area (Å²) in [4.78, 5) is 26.1. The molecule has 0 saturated heterocycles. The zero-order chi connectivity index (χ0) is 27.0. The summed E-state index contributed by atoms with van der Waals surface area (Å²) in [6.07, 6.45) is 1.43. The van der Waals surface area contributed by atoms with Crippen LogP contribution >= 0.6 is 0 Å². The maximum Gasteiger partial charge on any atom is 0.329 e. The summed E-state index contributed by atoms with van der Waals surface area (Å²) in [6.45, 7) is 5.54. The Morgan fingerprint density at radius 3 is 2.50 bits per heavy atom. The lowest BCUT2D eigenvalue weighted by Gasteiger charge is -2.13. The van der Waals surface area contributed by atoms with Gasteiger partial charge >= 0.3 is 5.69 Å². The Bertz CT molecular complexity index is 1680. The number of imidazole rings is 1. The van der Waals surface area contributed by atoms with Gasteiger partial charge in [0, 0.05) is 24.4 Å². The van der Waals surface area contributed by atoms with Crippen LogP contribution in [-0.4, -0.2) is 20.2 Å². The van der Waals surface area contributed by atoms with Crippen molar-refractivity contribution >= 4 is 22.6 Å². The third-order valence-electron chi connectivity index (χ3n) is 6.41. The first-order chi connectivity index (χ1) is 18.2. The van der Waals surface area contributed by atoms with Crippen LogP contribution in [0.1, 0.15) is 22.4 Å². The quantitative estimate of drug-likeness (QED) is 0.319. The highest BCUT2D eigenvalue weighted by Crippen LogP contribution is 2.34. The number of fused-ring (bicyclic) bond motifs is 1. The normalized spacial score (nSPS) is 11.2. The van der Waals surface area contributed by atoms with Crippen molar-refractivity contribution in [1.82, 2.24) is 14.3 Å². The zero-order valence-electron chi connectivity index (χ0n) is 21.5. The van der Waals surface area contributed by atoms with E-state index in [9.17, 15) is 9.59 Å². The van der Waals surface area contributed by atoms with Crippen molar-refractivity contribution < 1.29 is 18.4 Å². The largest absolute Gasteiger partial charge is 0.484 e. The molecule has 0 aliphatic carbocycles. The van der Waals surface area contributed by atoms with Crippen LogP contribution in [0.3, 0.4) is 0 Å². The number of nitrogens with one attached hydrogen (secondary N) is 1. The molecule has 1 amide bonds. The SMILES string of the molecule is Cc1ccc(NC(=O)Cn2c(=O)n(C)c3c(-c4cc(C)c(OCc5ccon5)c(F)c4)cc(C)cc32)cc1. The number of carbonyl (C=O) groups excluding carboxylic acids is 1. The number of aromatic nitrogens is 3. The van der Waals surface area contributed by atoms with E-state index in [-0.39, 0.29) is 30.5 Å². The van der Waals surface area contributed by atoms with Gasteiger partial charge in [-0.1, -0.05) is 22.9 Å². The minimum atomic E-state index is -0.528. The highest BCUT2D eigenvalue weighted by Gasteiger charge is 2.20. The van der Waals surface area contributed by atoms with Crippen LogP contribution in [0, 0.1) is 26.6 Å². The van der Waals surface area contributed by atoms with E-state index in [1.165, 1.54) is 21.5 Å². The fourth-order valence-electron chi connectivity index (χ4n) is 4.58. The molecule has 194 valence electrons. The molecule has 2 aromatic heterocycles. The summed E-state index contributed by atoms with van der Waals surface area (Å²) in [5, 5.41) is 6.62. The van der Waals surface area contributed by atoms with E-state index in [2.05, 4.69) is 10.5 Å². The van der Waals surface area contributed by atoms with Gasteiger partial charge in [-0.05, 0) is 73.9 Å². The van der Waals surface area contributed by atoms with Gasteiger partial charge in [0.1, 0.15) is 25.1 Å². The van der Waals surface area contributed by atoms with Gasteiger partial charge in [-0.3, -0.25) is 13.9 Å². The van der Waals surface area contributed by atoms with Gasteiger partial charge in [0.2, 0.25) is 5.91 Å². The molecule has 0 aliphatic heterocycles. The summed E-state index contributed by atoms with van der Waals surface area (Å²) in [5.74, 6) is -0.720. The van der Waals surface area contributed by atoms with E-state index in [1.54, 1.807) is 20.0 Å². The molecule has 0 unspecified atom stereocenters. The lowest BCUT2D eigenvalue weighted by molar-refractivity contribution is -0.116. The van der Waals surface area contributed by atoms with E-state index in [1.807, 2.05) is 56.3 Å². The van der Waals surface area contributed by atoms with E-state index >= 15 is 4.39 Å². The number of aryl methyl sites for hydroxylation is 4. The molecule has 2 heterocycles. The van der Waals surface area contributed by atoms with Crippen molar-refractivity contribution in [2.75, 3.05) is 5.32 Å². The number of hydrogen-bond acceptors (Lipinski definition) is 5. The topological polar surface area (TPSA) is 91.3 Å². The Labute approximate surface area is 218 Å². The monoisotopic (exact) mass is 514 g/mol. The Morgan fingerprint density at radius 1 is 1.05 bits per heavy atom. The van der Waals surface area contributed by atoms with Gasteiger partial charge < -0.3 is 14.6 Å². The molecule has 3 aromatic carbocycles. The molecule has 0 aliphatic rings. The van der Waals surface area contributed by atoms with E-state index in [0.717, 1.165) is 11.1 Å². The minimum absolute atomic E-state index is 0.0737. The van der Waals surface area contributed by atoms with Crippen molar-refractivity contribution in [2.45, 2.75) is 33.9 Å². The number of anilines is 1. The molecule has 0 bridgehead atoms. The number of nitrogens with zero attached hydrogens (tertiary/aromatic N) is 3. The Hall–Kier alpha value is -4.66. The molecule has 5 aromatic rings. The Morgan fingerprint density at radius 2 is 1.82 bits per heavy atom. The number of hydrogen-bond donors (Lipinski definition) is 1. The van der Waals surface area contributed by atoms with Crippen LogP contribution in [-0.2, 0) is 25.0 Å². The molecule has 5 rings (SSSR count). The average molecular weight is 515 g/mol. The van der Waals surface area contributed by atoms with Crippen LogP contribution in [0.15, 0.2) is 70.2 Å².